The molecule has 1 heterocycles. The van der Waals surface area contributed by atoms with Gasteiger partial charge in [-0.25, -0.2) is 9.59 Å². The molecule has 1 aliphatic rings. The molecule has 0 unspecified atom stereocenters. The second kappa shape index (κ2) is 5.12. The number of aryl methyl sites for hydroxylation is 1. The summed E-state index contributed by atoms with van der Waals surface area (Å²) in [7, 11) is 0. The lowest BCUT2D eigenvalue weighted by molar-refractivity contribution is 0.0527. The minimum absolute atomic E-state index is 0.274. The summed E-state index contributed by atoms with van der Waals surface area (Å²) in [5.41, 5.74) is 1.50. The Bertz CT molecular complexity index is 463. The van der Waals surface area contributed by atoms with Crippen LogP contribution in [0, 0.1) is 6.92 Å². The van der Waals surface area contributed by atoms with Crippen molar-refractivity contribution in [3.63, 3.8) is 0 Å². The van der Waals surface area contributed by atoms with Crippen LogP contribution in [0.1, 0.15) is 35.8 Å². The maximum absolute atomic E-state index is 11.7. The highest BCUT2D eigenvalue weighted by Gasteiger charge is 2.24. The molecule has 6 heteroatoms. The van der Waals surface area contributed by atoms with Crippen molar-refractivity contribution in [1.29, 1.82) is 0 Å². The van der Waals surface area contributed by atoms with E-state index in [1.165, 1.54) is 0 Å². The number of H-pyrrole nitrogens is 1. The van der Waals surface area contributed by atoms with Gasteiger partial charge in [-0.15, -0.1) is 0 Å². The Morgan fingerprint density at radius 1 is 1.50 bits per heavy atom. The van der Waals surface area contributed by atoms with E-state index in [2.05, 4.69) is 15.6 Å². The number of hydrogen-bond acceptors (Lipinski definition) is 3. The number of carbonyl (C=O) groups excluding carboxylic acids is 2. The van der Waals surface area contributed by atoms with Crippen LogP contribution in [0.15, 0.2) is 6.20 Å². The number of urea groups is 1. The van der Waals surface area contributed by atoms with Crippen LogP contribution < -0.4 is 10.6 Å². The zero-order chi connectivity index (χ0) is 13.1. The first-order valence-corrected chi connectivity index (χ1v) is 6.04. The van der Waals surface area contributed by atoms with Crippen LogP contribution in [0.5, 0.6) is 0 Å². The average Bonchev–Trinajstić information content (AvgIpc) is 3.03. The fourth-order valence-corrected chi connectivity index (χ4v) is 1.66. The smallest absolute Gasteiger partial charge is 0.342 e. The monoisotopic (exact) mass is 251 g/mol. The van der Waals surface area contributed by atoms with Crippen LogP contribution >= 0.6 is 0 Å². The molecule has 1 aromatic rings. The third kappa shape index (κ3) is 2.82. The predicted molar refractivity (Wildman–Crippen MR) is 66.7 cm³/mol. The number of ether oxygens (including phenoxy) is 1. The predicted octanol–water partition coefficient (Wildman–Crippen LogP) is 1.78. The molecule has 0 aromatic carbocycles. The first-order valence-electron chi connectivity index (χ1n) is 6.04. The highest BCUT2D eigenvalue weighted by atomic mass is 16.5. The number of nitrogens with one attached hydrogen (secondary N) is 3. The first kappa shape index (κ1) is 12.5. The summed E-state index contributed by atoms with van der Waals surface area (Å²) in [6.45, 7) is 3.81. The highest BCUT2D eigenvalue weighted by Crippen LogP contribution is 2.22. The van der Waals surface area contributed by atoms with Gasteiger partial charge in [0.1, 0.15) is 5.56 Å². The summed E-state index contributed by atoms with van der Waals surface area (Å²) in [5, 5.41) is 5.45. The van der Waals surface area contributed by atoms with Crippen LogP contribution in [0.2, 0.25) is 0 Å². The van der Waals surface area contributed by atoms with Crippen LogP contribution in [0.4, 0.5) is 10.5 Å². The lowest BCUT2D eigenvalue weighted by atomic mass is 10.2. The molecule has 0 radical (unpaired) electrons. The fourth-order valence-electron chi connectivity index (χ4n) is 1.66. The van der Waals surface area contributed by atoms with Crippen LogP contribution in [-0.2, 0) is 4.74 Å². The Morgan fingerprint density at radius 3 is 2.83 bits per heavy atom. The number of aromatic amines is 1. The van der Waals surface area contributed by atoms with Crippen LogP contribution in [-0.4, -0.2) is 29.6 Å². The molecule has 0 spiro atoms. The number of anilines is 1. The Labute approximate surface area is 105 Å². The van der Waals surface area contributed by atoms with Crippen molar-refractivity contribution in [2.24, 2.45) is 0 Å². The average molecular weight is 251 g/mol. The molecule has 0 atom stereocenters. The summed E-state index contributed by atoms with van der Waals surface area (Å²) < 4.78 is 4.95. The van der Waals surface area contributed by atoms with E-state index in [1.807, 2.05) is 0 Å². The summed E-state index contributed by atoms with van der Waals surface area (Å²) >= 11 is 0. The number of aromatic nitrogens is 1. The minimum atomic E-state index is -0.432. The van der Waals surface area contributed by atoms with E-state index in [-0.39, 0.29) is 12.1 Å². The molecule has 1 aromatic heterocycles. The van der Waals surface area contributed by atoms with Gasteiger partial charge >= 0.3 is 12.0 Å². The third-order valence-corrected chi connectivity index (χ3v) is 2.72. The third-order valence-electron chi connectivity index (χ3n) is 2.72. The van der Waals surface area contributed by atoms with E-state index in [9.17, 15) is 9.59 Å². The van der Waals surface area contributed by atoms with Gasteiger partial charge in [0.25, 0.3) is 0 Å². The van der Waals surface area contributed by atoms with Gasteiger partial charge in [-0.2, -0.15) is 0 Å². The summed E-state index contributed by atoms with van der Waals surface area (Å²) in [4.78, 5) is 26.3. The van der Waals surface area contributed by atoms with Crippen molar-refractivity contribution in [2.45, 2.75) is 32.7 Å². The Balaban J connectivity index is 2.07. The molecule has 0 aliphatic heterocycles. The maximum Gasteiger partial charge on any atom is 0.342 e. The number of rotatable bonds is 4. The molecule has 3 N–H and O–H groups in total. The lowest BCUT2D eigenvalue weighted by Crippen LogP contribution is -2.30. The number of carbonyl (C=O) groups is 2. The fraction of sp³-hybridized carbons (Fsp3) is 0.500. The molecule has 6 nitrogen and oxygen atoms in total. The number of amides is 2. The van der Waals surface area contributed by atoms with Gasteiger partial charge in [0.15, 0.2) is 0 Å². The number of esters is 1. The maximum atomic E-state index is 11.7. The SMILES string of the molecule is CCOC(=O)c1c(NC(=O)NC2CC2)c[nH]c1C. The van der Waals surface area contributed by atoms with Gasteiger partial charge in [0.05, 0.1) is 12.3 Å². The lowest BCUT2D eigenvalue weighted by Gasteiger charge is -2.07. The summed E-state index contributed by atoms with van der Waals surface area (Å²) in [6, 6.07) is -0.0156. The summed E-state index contributed by atoms with van der Waals surface area (Å²) in [6.07, 6.45) is 3.63. The topological polar surface area (TPSA) is 83.2 Å². The van der Waals surface area contributed by atoms with E-state index in [1.54, 1.807) is 20.0 Å². The molecule has 98 valence electrons. The molecular formula is C12H17N3O3. The van der Waals surface area contributed by atoms with E-state index >= 15 is 0 Å². The zero-order valence-electron chi connectivity index (χ0n) is 10.5. The van der Waals surface area contributed by atoms with Gasteiger partial charge in [-0.3, -0.25) is 0 Å². The van der Waals surface area contributed by atoms with Gasteiger partial charge in [0.2, 0.25) is 0 Å². The van der Waals surface area contributed by atoms with Gasteiger partial charge in [-0.1, -0.05) is 0 Å². The van der Waals surface area contributed by atoms with Gasteiger partial charge < -0.3 is 20.4 Å². The van der Waals surface area contributed by atoms with Crippen molar-refractivity contribution in [3.05, 3.63) is 17.5 Å². The zero-order valence-corrected chi connectivity index (χ0v) is 10.5. The molecule has 2 amide bonds. The van der Waals surface area contributed by atoms with Crippen LogP contribution in [0.3, 0.4) is 0 Å². The largest absolute Gasteiger partial charge is 0.462 e. The molecular weight excluding hydrogens is 234 g/mol. The molecule has 2 rings (SSSR count). The van der Waals surface area contributed by atoms with E-state index in [0.29, 0.717) is 23.6 Å². The van der Waals surface area contributed by atoms with Crippen molar-refractivity contribution in [3.8, 4) is 0 Å². The van der Waals surface area contributed by atoms with Gasteiger partial charge in [0, 0.05) is 17.9 Å². The summed E-state index contributed by atoms with van der Waals surface area (Å²) in [5.74, 6) is -0.432. The minimum Gasteiger partial charge on any atom is -0.462 e. The molecule has 0 saturated heterocycles. The Kier molecular flexibility index (Phi) is 3.55. The second-order valence-corrected chi connectivity index (χ2v) is 4.30. The first-order chi connectivity index (χ1) is 8.61. The van der Waals surface area contributed by atoms with Crippen molar-refractivity contribution in [1.82, 2.24) is 10.3 Å². The van der Waals surface area contributed by atoms with Crippen LogP contribution in [0.25, 0.3) is 0 Å². The van der Waals surface area contributed by atoms with Crippen molar-refractivity contribution >= 4 is 17.7 Å². The molecule has 1 fully saturated rings. The molecule has 1 saturated carbocycles. The Morgan fingerprint density at radius 2 is 2.22 bits per heavy atom. The second-order valence-electron chi connectivity index (χ2n) is 4.30. The molecule has 18 heavy (non-hydrogen) atoms. The Hall–Kier alpha value is -1.98. The quantitative estimate of drug-likeness (QED) is 0.713. The van der Waals surface area contributed by atoms with E-state index in [0.717, 1.165) is 12.8 Å². The molecule has 0 bridgehead atoms. The van der Waals surface area contributed by atoms with Gasteiger partial charge in [-0.05, 0) is 26.7 Å². The number of hydrogen-bond donors (Lipinski definition) is 3. The normalized spacial score (nSPS) is 14.1. The van der Waals surface area contributed by atoms with E-state index < -0.39 is 5.97 Å². The highest BCUT2D eigenvalue weighted by molar-refractivity contribution is 6.01. The standard InChI is InChI=1S/C12H17N3O3/c1-3-18-11(16)10-7(2)13-6-9(10)15-12(17)14-8-4-5-8/h6,8,13H,3-5H2,1-2H3,(H2,14,15,17). The molecule has 1 aliphatic carbocycles. The van der Waals surface area contributed by atoms with Crippen molar-refractivity contribution in [2.75, 3.05) is 11.9 Å². The van der Waals surface area contributed by atoms with E-state index in [4.69, 9.17) is 4.74 Å². The van der Waals surface area contributed by atoms with Crippen molar-refractivity contribution < 1.29 is 14.3 Å².